The lowest BCUT2D eigenvalue weighted by Gasteiger charge is -2.12. The third-order valence-corrected chi connectivity index (χ3v) is 3.94. The predicted molar refractivity (Wildman–Crippen MR) is 93.3 cm³/mol. The maximum Gasteiger partial charge on any atom is 0.191 e. The van der Waals surface area contributed by atoms with Gasteiger partial charge in [-0.15, -0.1) is 0 Å². The van der Waals surface area contributed by atoms with Crippen molar-refractivity contribution in [3.63, 3.8) is 0 Å². The van der Waals surface area contributed by atoms with Crippen LogP contribution < -0.4 is 10.6 Å². The van der Waals surface area contributed by atoms with Crippen molar-refractivity contribution in [3.8, 4) is 0 Å². The third-order valence-electron chi connectivity index (χ3n) is 3.94. The molecule has 6 heteroatoms. The van der Waals surface area contributed by atoms with E-state index in [1.165, 1.54) is 11.1 Å². The number of hydrogen-bond acceptors (Lipinski definition) is 3. The van der Waals surface area contributed by atoms with E-state index in [0.29, 0.717) is 13.1 Å². The fourth-order valence-electron chi connectivity index (χ4n) is 2.42. The molecule has 0 spiro atoms. The molecule has 0 fully saturated rings. The van der Waals surface area contributed by atoms with Crippen LogP contribution in [0.15, 0.2) is 23.3 Å². The van der Waals surface area contributed by atoms with Gasteiger partial charge in [0, 0.05) is 31.0 Å². The molecule has 2 rings (SSSR count). The average Bonchev–Trinajstić information content (AvgIpc) is 2.77. The molecule has 0 aliphatic heterocycles. The number of pyridine rings is 1. The van der Waals surface area contributed by atoms with Crippen LogP contribution in [0, 0.1) is 20.8 Å². The standard InChI is InChI=1S/C17H26N6/c1-6-18-17(21-11-16-12(2)8-7-9-19-16)20-10-15-13(3)22-23(5)14(15)4/h7-9H,6,10-11H2,1-5H3,(H2,18,20,21). The highest BCUT2D eigenvalue weighted by atomic mass is 15.3. The minimum atomic E-state index is 0.613. The first-order valence-electron chi connectivity index (χ1n) is 7.94. The van der Waals surface area contributed by atoms with Gasteiger partial charge in [-0.25, -0.2) is 4.99 Å². The summed E-state index contributed by atoms with van der Waals surface area (Å²) >= 11 is 0. The third kappa shape index (κ3) is 4.31. The van der Waals surface area contributed by atoms with Crippen molar-refractivity contribution in [1.29, 1.82) is 0 Å². The van der Waals surface area contributed by atoms with Gasteiger partial charge in [0.2, 0.25) is 0 Å². The van der Waals surface area contributed by atoms with Crippen LogP contribution in [0.1, 0.15) is 35.1 Å². The molecule has 0 aliphatic rings. The van der Waals surface area contributed by atoms with Crippen molar-refractivity contribution >= 4 is 5.96 Å². The summed E-state index contributed by atoms with van der Waals surface area (Å²) < 4.78 is 1.90. The van der Waals surface area contributed by atoms with Gasteiger partial charge < -0.3 is 10.6 Å². The number of aryl methyl sites for hydroxylation is 3. The Hall–Kier alpha value is -2.37. The van der Waals surface area contributed by atoms with E-state index in [2.05, 4.69) is 52.5 Å². The van der Waals surface area contributed by atoms with Crippen LogP contribution in [0.4, 0.5) is 0 Å². The van der Waals surface area contributed by atoms with E-state index in [9.17, 15) is 0 Å². The summed E-state index contributed by atoms with van der Waals surface area (Å²) in [5, 5.41) is 11.1. The molecule has 0 amide bonds. The summed E-state index contributed by atoms with van der Waals surface area (Å²) in [6.45, 7) is 10.3. The molecular formula is C17H26N6. The Morgan fingerprint density at radius 3 is 2.65 bits per heavy atom. The summed E-state index contributed by atoms with van der Waals surface area (Å²) in [6.07, 6.45) is 1.82. The normalized spacial score (nSPS) is 11.6. The van der Waals surface area contributed by atoms with Gasteiger partial charge in [0.25, 0.3) is 0 Å². The highest BCUT2D eigenvalue weighted by molar-refractivity contribution is 5.79. The zero-order valence-corrected chi connectivity index (χ0v) is 14.6. The number of guanidine groups is 1. The van der Waals surface area contributed by atoms with Gasteiger partial charge in [0.05, 0.1) is 24.5 Å². The monoisotopic (exact) mass is 314 g/mol. The van der Waals surface area contributed by atoms with E-state index in [1.807, 2.05) is 30.9 Å². The highest BCUT2D eigenvalue weighted by Gasteiger charge is 2.09. The van der Waals surface area contributed by atoms with Gasteiger partial charge in [-0.05, 0) is 39.3 Å². The first-order valence-corrected chi connectivity index (χ1v) is 7.94. The van der Waals surface area contributed by atoms with Crippen molar-refractivity contribution < 1.29 is 0 Å². The molecule has 0 saturated heterocycles. The molecule has 0 bridgehead atoms. The summed E-state index contributed by atoms with van der Waals surface area (Å²) in [5.74, 6) is 0.792. The SMILES string of the molecule is CCNC(=NCc1c(C)nn(C)c1C)NCc1ncccc1C. The van der Waals surface area contributed by atoms with E-state index < -0.39 is 0 Å². The molecule has 2 aromatic heterocycles. The summed E-state index contributed by atoms with van der Waals surface area (Å²) in [5.41, 5.74) is 5.58. The number of hydrogen-bond donors (Lipinski definition) is 2. The van der Waals surface area contributed by atoms with Crippen LogP contribution in [0.3, 0.4) is 0 Å². The minimum absolute atomic E-state index is 0.613. The Balaban J connectivity index is 2.07. The van der Waals surface area contributed by atoms with Gasteiger partial charge in [-0.2, -0.15) is 5.10 Å². The quantitative estimate of drug-likeness (QED) is 0.654. The molecule has 2 heterocycles. The number of nitrogens with one attached hydrogen (secondary N) is 2. The molecule has 2 N–H and O–H groups in total. The second kappa shape index (κ2) is 7.76. The lowest BCUT2D eigenvalue weighted by atomic mass is 10.2. The van der Waals surface area contributed by atoms with Crippen LogP contribution >= 0.6 is 0 Å². The van der Waals surface area contributed by atoms with Gasteiger partial charge in [-0.1, -0.05) is 6.07 Å². The molecular weight excluding hydrogens is 288 g/mol. The largest absolute Gasteiger partial charge is 0.357 e. The molecule has 0 atom stereocenters. The Morgan fingerprint density at radius 1 is 1.26 bits per heavy atom. The van der Waals surface area contributed by atoms with Gasteiger partial charge in [0.1, 0.15) is 0 Å². The number of rotatable bonds is 5. The first kappa shape index (κ1) is 17.0. The molecule has 0 saturated carbocycles. The van der Waals surface area contributed by atoms with E-state index in [1.54, 1.807) is 0 Å². The van der Waals surface area contributed by atoms with Gasteiger partial charge in [-0.3, -0.25) is 9.67 Å². The molecule has 23 heavy (non-hydrogen) atoms. The van der Waals surface area contributed by atoms with Crippen molar-refractivity contribution in [2.75, 3.05) is 6.54 Å². The van der Waals surface area contributed by atoms with Crippen molar-refractivity contribution in [2.24, 2.45) is 12.0 Å². The van der Waals surface area contributed by atoms with Crippen molar-refractivity contribution in [1.82, 2.24) is 25.4 Å². The predicted octanol–water partition coefficient (Wildman–Crippen LogP) is 2.00. The molecule has 0 aromatic carbocycles. The number of aliphatic imine (C=N–C) groups is 1. The van der Waals surface area contributed by atoms with Crippen molar-refractivity contribution in [3.05, 3.63) is 46.5 Å². The van der Waals surface area contributed by atoms with E-state index >= 15 is 0 Å². The van der Waals surface area contributed by atoms with Crippen LogP contribution in [-0.2, 0) is 20.1 Å². The zero-order valence-electron chi connectivity index (χ0n) is 14.6. The maximum atomic E-state index is 4.68. The van der Waals surface area contributed by atoms with E-state index in [0.717, 1.165) is 29.6 Å². The zero-order chi connectivity index (χ0) is 16.8. The molecule has 124 valence electrons. The smallest absolute Gasteiger partial charge is 0.191 e. The van der Waals surface area contributed by atoms with E-state index in [4.69, 9.17) is 0 Å². The molecule has 0 radical (unpaired) electrons. The van der Waals surface area contributed by atoms with Crippen molar-refractivity contribution in [2.45, 2.75) is 40.8 Å². The lowest BCUT2D eigenvalue weighted by molar-refractivity contribution is 0.729. The molecule has 0 unspecified atom stereocenters. The van der Waals surface area contributed by atoms with Crippen LogP contribution in [-0.4, -0.2) is 27.3 Å². The highest BCUT2D eigenvalue weighted by Crippen LogP contribution is 2.12. The second-order valence-corrected chi connectivity index (χ2v) is 5.59. The van der Waals surface area contributed by atoms with Crippen LogP contribution in [0.25, 0.3) is 0 Å². The second-order valence-electron chi connectivity index (χ2n) is 5.59. The summed E-state index contributed by atoms with van der Waals surface area (Å²) in [7, 11) is 1.96. The van der Waals surface area contributed by atoms with Gasteiger partial charge >= 0.3 is 0 Å². The Labute approximate surface area is 138 Å². The average molecular weight is 314 g/mol. The Bertz CT molecular complexity index is 686. The van der Waals surface area contributed by atoms with Crippen LogP contribution in [0.2, 0.25) is 0 Å². The maximum absolute atomic E-state index is 4.68. The molecule has 6 nitrogen and oxygen atoms in total. The Kier molecular flexibility index (Phi) is 5.73. The van der Waals surface area contributed by atoms with Gasteiger partial charge in [0.15, 0.2) is 5.96 Å². The first-order chi connectivity index (χ1) is 11.0. The molecule has 0 aliphatic carbocycles. The number of aromatic nitrogens is 3. The fourth-order valence-corrected chi connectivity index (χ4v) is 2.42. The Morgan fingerprint density at radius 2 is 2.04 bits per heavy atom. The summed E-state index contributed by atoms with van der Waals surface area (Å²) in [4.78, 5) is 9.08. The topological polar surface area (TPSA) is 67.1 Å². The number of nitrogens with zero attached hydrogens (tertiary/aromatic N) is 4. The summed E-state index contributed by atoms with van der Waals surface area (Å²) in [6, 6.07) is 4.02. The van der Waals surface area contributed by atoms with E-state index in [-0.39, 0.29) is 0 Å². The fraction of sp³-hybridized carbons (Fsp3) is 0.471. The van der Waals surface area contributed by atoms with Crippen LogP contribution in [0.5, 0.6) is 0 Å². The lowest BCUT2D eigenvalue weighted by Crippen LogP contribution is -2.37. The minimum Gasteiger partial charge on any atom is -0.357 e. The molecule has 2 aromatic rings.